The molecule has 0 aliphatic carbocycles. The summed E-state index contributed by atoms with van der Waals surface area (Å²) in [4.78, 5) is 26.9. The number of carbonyl (C=O) groups excluding carboxylic acids is 2. The van der Waals surface area contributed by atoms with Gasteiger partial charge in [-0.2, -0.15) is 0 Å². The molecule has 2 aromatic rings. The van der Waals surface area contributed by atoms with Gasteiger partial charge < -0.3 is 19.7 Å². The van der Waals surface area contributed by atoms with E-state index in [9.17, 15) is 9.59 Å². The maximum Gasteiger partial charge on any atom is 0.246 e. The van der Waals surface area contributed by atoms with Crippen molar-refractivity contribution < 1.29 is 19.1 Å². The molecule has 2 amide bonds. The van der Waals surface area contributed by atoms with Gasteiger partial charge in [0, 0.05) is 31.6 Å². The molecule has 0 aromatic heterocycles. The van der Waals surface area contributed by atoms with Crippen molar-refractivity contribution in [2.45, 2.75) is 33.1 Å². The molecule has 0 radical (unpaired) electrons. The zero-order valence-electron chi connectivity index (χ0n) is 19.6. The van der Waals surface area contributed by atoms with Crippen molar-refractivity contribution in [2.24, 2.45) is 5.92 Å². The molecule has 33 heavy (non-hydrogen) atoms. The minimum Gasteiger partial charge on any atom is -0.490 e. The van der Waals surface area contributed by atoms with Crippen molar-refractivity contribution in [3.05, 3.63) is 65.7 Å². The average molecular weight is 451 g/mol. The standard InChI is InChI=1S/C27H34N2O4/c1-3-32-24-12-10-22(20-25(24)33-4-2)14-17-28-27(31)23-15-18-29(19-16-23)26(30)13-11-21-8-6-5-7-9-21/h5-13,20,23H,3-4,14-19H2,1-2H3,(H,28,31). The van der Waals surface area contributed by atoms with Crippen LogP contribution in [0.4, 0.5) is 0 Å². The normalized spacial score (nSPS) is 14.3. The fourth-order valence-corrected chi connectivity index (χ4v) is 3.92. The highest BCUT2D eigenvalue weighted by atomic mass is 16.5. The quantitative estimate of drug-likeness (QED) is 0.554. The smallest absolute Gasteiger partial charge is 0.246 e. The molecular weight excluding hydrogens is 416 g/mol. The molecule has 3 rings (SSSR count). The Bertz CT molecular complexity index is 934. The van der Waals surface area contributed by atoms with Crippen molar-refractivity contribution in [1.29, 1.82) is 0 Å². The Morgan fingerprint density at radius 3 is 2.39 bits per heavy atom. The number of piperidine rings is 1. The highest BCUT2D eigenvalue weighted by Gasteiger charge is 2.26. The van der Waals surface area contributed by atoms with Gasteiger partial charge >= 0.3 is 0 Å². The predicted molar refractivity (Wildman–Crippen MR) is 130 cm³/mol. The van der Waals surface area contributed by atoms with Crippen LogP contribution in [-0.2, 0) is 16.0 Å². The number of rotatable bonds is 10. The Balaban J connectivity index is 1.42. The molecule has 0 bridgehead atoms. The van der Waals surface area contributed by atoms with E-state index in [0.717, 1.165) is 29.0 Å². The van der Waals surface area contributed by atoms with Gasteiger partial charge in [-0.1, -0.05) is 36.4 Å². The van der Waals surface area contributed by atoms with Crippen LogP contribution in [0.3, 0.4) is 0 Å². The molecule has 1 heterocycles. The molecule has 6 heteroatoms. The molecule has 1 fully saturated rings. The molecule has 1 saturated heterocycles. The topological polar surface area (TPSA) is 67.9 Å². The van der Waals surface area contributed by atoms with Gasteiger partial charge in [-0.25, -0.2) is 0 Å². The number of hydrogen-bond acceptors (Lipinski definition) is 4. The third-order valence-corrected chi connectivity index (χ3v) is 5.72. The van der Waals surface area contributed by atoms with E-state index >= 15 is 0 Å². The maximum absolute atomic E-state index is 12.6. The van der Waals surface area contributed by atoms with Crippen molar-refractivity contribution in [2.75, 3.05) is 32.8 Å². The fourth-order valence-electron chi connectivity index (χ4n) is 3.92. The molecule has 1 aliphatic heterocycles. The van der Waals surface area contributed by atoms with Gasteiger partial charge in [-0.3, -0.25) is 9.59 Å². The largest absolute Gasteiger partial charge is 0.490 e. The first kappa shape index (κ1) is 24.4. The maximum atomic E-state index is 12.6. The van der Waals surface area contributed by atoms with E-state index in [-0.39, 0.29) is 17.7 Å². The van der Waals surface area contributed by atoms with E-state index in [1.165, 1.54) is 0 Å². The lowest BCUT2D eigenvalue weighted by atomic mass is 9.95. The summed E-state index contributed by atoms with van der Waals surface area (Å²) in [5.41, 5.74) is 2.09. The van der Waals surface area contributed by atoms with Crippen molar-refractivity contribution in [3.63, 3.8) is 0 Å². The van der Waals surface area contributed by atoms with Crippen LogP contribution in [-0.4, -0.2) is 49.6 Å². The lowest BCUT2D eigenvalue weighted by Crippen LogP contribution is -2.42. The van der Waals surface area contributed by atoms with Gasteiger partial charge in [0.25, 0.3) is 0 Å². The number of ether oxygens (including phenoxy) is 2. The lowest BCUT2D eigenvalue weighted by molar-refractivity contribution is -0.132. The van der Waals surface area contributed by atoms with Gasteiger partial charge in [-0.15, -0.1) is 0 Å². The van der Waals surface area contributed by atoms with Gasteiger partial charge in [0.1, 0.15) is 0 Å². The second-order valence-electron chi connectivity index (χ2n) is 8.03. The van der Waals surface area contributed by atoms with Crippen LogP contribution in [0.25, 0.3) is 6.08 Å². The first-order valence-electron chi connectivity index (χ1n) is 11.8. The number of carbonyl (C=O) groups is 2. The minimum absolute atomic E-state index is 0.00156. The lowest BCUT2D eigenvalue weighted by Gasteiger charge is -2.30. The van der Waals surface area contributed by atoms with E-state index in [1.54, 1.807) is 6.08 Å². The summed E-state index contributed by atoms with van der Waals surface area (Å²) in [6, 6.07) is 15.7. The molecule has 0 atom stereocenters. The van der Waals surface area contributed by atoms with Gasteiger partial charge in [0.15, 0.2) is 11.5 Å². The van der Waals surface area contributed by atoms with Crippen LogP contribution >= 0.6 is 0 Å². The van der Waals surface area contributed by atoms with Crippen LogP contribution in [0.1, 0.15) is 37.8 Å². The van der Waals surface area contributed by atoms with Gasteiger partial charge in [0.2, 0.25) is 11.8 Å². The Morgan fingerprint density at radius 1 is 1.00 bits per heavy atom. The van der Waals surface area contributed by atoms with E-state index in [1.807, 2.05) is 73.4 Å². The van der Waals surface area contributed by atoms with E-state index < -0.39 is 0 Å². The predicted octanol–water partition coefficient (Wildman–Crippen LogP) is 4.09. The monoisotopic (exact) mass is 450 g/mol. The van der Waals surface area contributed by atoms with Crippen molar-refractivity contribution >= 4 is 17.9 Å². The zero-order valence-corrected chi connectivity index (χ0v) is 19.6. The van der Waals surface area contributed by atoms with E-state index in [4.69, 9.17) is 9.47 Å². The highest BCUT2D eigenvalue weighted by molar-refractivity contribution is 5.92. The summed E-state index contributed by atoms with van der Waals surface area (Å²) in [6.07, 6.45) is 5.55. The Hall–Kier alpha value is -3.28. The molecule has 1 N–H and O–H groups in total. The summed E-state index contributed by atoms with van der Waals surface area (Å²) in [7, 11) is 0. The average Bonchev–Trinajstić information content (AvgIpc) is 2.85. The SMILES string of the molecule is CCOc1ccc(CCNC(=O)C2CCN(C(=O)C=Cc3ccccc3)CC2)cc1OCC. The third kappa shape index (κ3) is 7.38. The summed E-state index contributed by atoms with van der Waals surface area (Å²) >= 11 is 0. The number of amides is 2. The molecule has 0 unspecified atom stereocenters. The molecule has 1 aliphatic rings. The fraction of sp³-hybridized carbons (Fsp3) is 0.407. The van der Waals surface area contributed by atoms with Crippen LogP contribution in [0, 0.1) is 5.92 Å². The second-order valence-corrected chi connectivity index (χ2v) is 8.03. The number of nitrogens with one attached hydrogen (secondary N) is 1. The minimum atomic E-state index is -0.0496. The molecule has 0 spiro atoms. The number of likely N-dealkylation sites (tertiary alicyclic amines) is 1. The number of benzene rings is 2. The van der Waals surface area contributed by atoms with Gasteiger partial charge in [0.05, 0.1) is 13.2 Å². The van der Waals surface area contributed by atoms with E-state index in [0.29, 0.717) is 45.7 Å². The molecule has 0 saturated carbocycles. The summed E-state index contributed by atoms with van der Waals surface area (Å²) in [5, 5.41) is 3.05. The van der Waals surface area contributed by atoms with Crippen LogP contribution in [0.15, 0.2) is 54.6 Å². The molecule has 6 nitrogen and oxygen atoms in total. The number of nitrogens with zero attached hydrogens (tertiary/aromatic N) is 1. The van der Waals surface area contributed by atoms with Gasteiger partial charge in [-0.05, 0) is 62.4 Å². The third-order valence-electron chi connectivity index (χ3n) is 5.72. The van der Waals surface area contributed by atoms with Crippen molar-refractivity contribution in [1.82, 2.24) is 10.2 Å². The van der Waals surface area contributed by atoms with Crippen LogP contribution < -0.4 is 14.8 Å². The molecule has 2 aromatic carbocycles. The summed E-state index contributed by atoms with van der Waals surface area (Å²) < 4.78 is 11.3. The first-order valence-corrected chi connectivity index (χ1v) is 11.8. The second kappa shape index (κ2) is 12.7. The summed E-state index contributed by atoms with van der Waals surface area (Å²) in [5.74, 6) is 1.50. The Kier molecular flexibility index (Phi) is 9.36. The van der Waals surface area contributed by atoms with Crippen LogP contribution in [0.2, 0.25) is 0 Å². The van der Waals surface area contributed by atoms with Crippen molar-refractivity contribution in [3.8, 4) is 11.5 Å². The molecule has 176 valence electrons. The molecular formula is C27H34N2O4. The zero-order chi connectivity index (χ0) is 23.5. The van der Waals surface area contributed by atoms with E-state index in [2.05, 4.69) is 5.32 Å². The Labute approximate surface area is 196 Å². The Morgan fingerprint density at radius 2 is 1.70 bits per heavy atom. The number of hydrogen-bond donors (Lipinski definition) is 1. The summed E-state index contributed by atoms with van der Waals surface area (Å²) in [6.45, 7) is 6.82. The highest BCUT2D eigenvalue weighted by Crippen LogP contribution is 2.28. The van der Waals surface area contributed by atoms with Crippen LogP contribution in [0.5, 0.6) is 11.5 Å². The first-order chi connectivity index (χ1) is 16.1.